The first kappa shape index (κ1) is 30.6. The van der Waals surface area contributed by atoms with E-state index >= 15 is 8.78 Å². The SMILES string of the molecule is COC(=O)c1ccc2nc(Cc3cc(F)c(-c4cccc(OCc5ccc(Cl)cc5F)n4)cc3F)n(C3COCC3(C)C)c2c1. The van der Waals surface area contributed by atoms with Gasteiger partial charge in [-0.2, -0.15) is 0 Å². The van der Waals surface area contributed by atoms with Crippen LogP contribution in [0.4, 0.5) is 13.2 Å². The Morgan fingerprint density at radius 1 is 1.00 bits per heavy atom. The number of imidazole rings is 1. The van der Waals surface area contributed by atoms with E-state index in [9.17, 15) is 9.18 Å². The van der Waals surface area contributed by atoms with Crippen molar-refractivity contribution in [2.75, 3.05) is 20.3 Å². The quantitative estimate of drug-likeness (QED) is 0.163. The van der Waals surface area contributed by atoms with E-state index < -0.39 is 23.4 Å². The lowest BCUT2D eigenvalue weighted by Gasteiger charge is -2.28. The van der Waals surface area contributed by atoms with Crippen molar-refractivity contribution in [2.24, 2.45) is 5.41 Å². The van der Waals surface area contributed by atoms with E-state index in [4.69, 9.17) is 30.8 Å². The number of rotatable bonds is 8. The summed E-state index contributed by atoms with van der Waals surface area (Å²) in [6, 6.07) is 16.0. The molecule has 11 heteroatoms. The smallest absolute Gasteiger partial charge is 0.337 e. The first-order valence-electron chi connectivity index (χ1n) is 14.2. The van der Waals surface area contributed by atoms with Gasteiger partial charge in [-0.15, -0.1) is 0 Å². The fraction of sp³-hybridized carbons (Fsp3) is 0.265. The van der Waals surface area contributed by atoms with Crippen LogP contribution in [-0.2, 0) is 22.5 Å². The van der Waals surface area contributed by atoms with E-state index in [1.165, 1.54) is 25.3 Å². The minimum atomic E-state index is -0.681. The number of ether oxygens (including phenoxy) is 3. The van der Waals surface area contributed by atoms with Gasteiger partial charge in [-0.3, -0.25) is 0 Å². The molecule has 5 aromatic rings. The Labute approximate surface area is 262 Å². The van der Waals surface area contributed by atoms with Gasteiger partial charge in [-0.05, 0) is 54.1 Å². The second-order valence-corrected chi connectivity index (χ2v) is 12.0. The maximum atomic E-state index is 15.7. The number of nitrogens with zero attached hydrogens (tertiary/aromatic N) is 3. The molecule has 1 saturated heterocycles. The Morgan fingerprint density at radius 3 is 2.53 bits per heavy atom. The molecule has 1 atom stereocenters. The standard InChI is InChI=1S/C34H29ClF3N3O4/c1-34(2)18-44-17-30(34)41-29-12-19(33(42)43-3)8-10-28(29)39-31(41)13-21-11-26(38)23(15-25(21)37)27-5-4-6-32(40-27)45-16-20-7-9-22(35)14-24(20)36/h4-12,14-15,30H,13,16-18H2,1-3H3. The number of pyridine rings is 1. The predicted octanol–water partition coefficient (Wildman–Crippen LogP) is 7.72. The van der Waals surface area contributed by atoms with Gasteiger partial charge in [0.05, 0.1) is 48.7 Å². The van der Waals surface area contributed by atoms with E-state index in [0.29, 0.717) is 35.6 Å². The summed E-state index contributed by atoms with van der Waals surface area (Å²) in [7, 11) is 1.31. The molecule has 1 fully saturated rings. The Morgan fingerprint density at radius 2 is 1.80 bits per heavy atom. The minimum Gasteiger partial charge on any atom is -0.473 e. The number of hydrogen-bond acceptors (Lipinski definition) is 6. The lowest BCUT2D eigenvalue weighted by molar-refractivity contribution is 0.0601. The third-order valence-corrected chi connectivity index (χ3v) is 8.26. The number of methoxy groups -OCH3 is 1. The van der Waals surface area contributed by atoms with Crippen LogP contribution in [0.15, 0.2) is 66.7 Å². The molecule has 1 aliphatic rings. The third-order valence-electron chi connectivity index (χ3n) is 8.02. The second kappa shape index (κ2) is 12.2. The summed E-state index contributed by atoms with van der Waals surface area (Å²) in [5.74, 6) is -1.71. The number of carbonyl (C=O) groups is 1. The van der Waals surface area contributed by atoms with Crippen LogP contribution in [0.2, 0.25) is 5.02 Å². The average molecular weight is 636 g/mol. The molecule has 3 aromatic carbocycles. The van der Waals surface area contributed by atoms with E-state index in [2.05, 4.69) is 18.8 Å². The van der Waals surface area contributed by atoms with Crippen LogP contribution in [0.3, 0.4) is 0 Å². The highest BCUT2D eigenvalue weighted by Crippen LogP contribution is 2.40. The van der Waals surface area contributed by atoms with Crippen LogP contribution >= 0.6 is 11.6 Å². The number of benzene rings is 3. The molecule has 0 radical (unpaired) electrons. The Kier molecular flexibility index (Phi) is 8.28. The average Bonchev–Trinajstić information content (AvgIpc) is 3.55. The molecule has 3 heterocycles. The topological polar surface area (TPSA) is 75.5 Å². The lowest BCUT2D eigenvalue weighted by Crippen LogP contribution is -2.27. The number of fused-ring (bicyclic) bond motifs is 1. The van der Waals surface area contributed by atoms with Gasteiger partial charge in [0.25, 0.3) is 0 Å². The molecular formula is C34H29ClF3N3O4. The molecule has 0 amide bonds. The van der Waals surface area contributed by atoms with Crippen LogP contribution in [0.5, 0.6) is 5.88 Å². The highest BCUT2D eigenvalue weighted by Gasteiger charge is 2.39. The minimum absolute atomic E-state index is 0.0128. The summed E-state index contributed by atoms with van der Waals surface area (Å²) in [6.45, 7) is 4.92. The van der Waals surface area contributed by atoms with Crippen molar-refractivity contribution in [3.05, 3.63) is 112 Å². The lowest BCUT2D eigenvalue weighted by atomic mass is 9.87. The number of carbonyl (C=O) groups excluding carboxylic acids is 1. The van der Waals surface area contributed by atoms with Crippen LogP contribution in [0, 0.1) is 22.9 Å². The zero-order valence-corrected chi connectivity index (χ0v) is 25.5. The normalized spacial score (nSPS) is 15.8. The molecule has 0 spiro atoms. The van der Waals surface area contributed by atoms with Crippen molar-refractivity contribution in [3.63, 3.8) is 0 Å². The Bertz CT molecular complexity index is 1930. The largest absolute Gasteiger partial charge is 0.473 e. The van der Waals surface area contributed by atoms with Gasteiger partial charge in [-0.1, -0.05) is 37.6 Å². The molecule has 7 nitrogen and oxygen atoms in total. The summed E-state index contributed by atoms with van der Waals surface area (Å²) < 4.78 is 63.7. The molecule has 0 bridgehead atoms. The molecule has 2 aromatic heterocycles. The second-order valence-electron chi connectivity index (χ2n) is 11.6. The van der Waals surface area contributed by atoms with Crippen LogP contribution in [0.1, 0.15) is 47.2 Å². The number of hydrogen-bond donors (Lipinski definition) is 0. The third kappa shape index (κ3) is 6.12. The number of aromatic nitrogens is 3. The molecule has 232 valence electrons. The summed E-state index contributed by atoms with van der Waals surface area (Å²) in [4.78, 5) is 21.4. The van der Waals surface area contributed by atoms with Gasteiger partial charge in [0.15, 0.2) is 0 Å². The van der Waals surface area contributed by atoms with Crippen molar-refractivity contribution in [2.45, 2.75) is 32.9 Å². The van der Waals surface area contributed by atoms with Gasteiger partial charge in [-0.25, -0.2) is 27.9 Å². The van der Waals surface area contributed by atoms with Gasteiger partial charge < -0.3 is 18.8 Å². The van der Waals surface area contributed by atoms with Crippen LogP contribution < -0.4 is 4.74 Å². The first-order valence-corrected chi connectivity index (χ1v) is 14.6. The van der Waals surface area contributed by atoms with E-state index in [-0.39, 0.29) is 57.8 Å². The molecule has 0 aliphatic carbocycles. The van der Waals surface area contributed by atoms with Crippen molar-refractivity contribution >= 4 is 28.6 Å². The summed E-state index contributed by atoms with van der Waals surface area (Å²) in [5, 5.41) is 0.263. The first-order chi connectivity index (χ1) is 21.5. The molecule has 45 heavy (non-hydrogen) atoms. The fourth-order valence-electron chi connectivity index (χ4n) is 5.57. The highest BCUT2D eigenvalue weighted by molar-refractivity contribution is 6.30. The van der Waals surface area contributed by atoms with Gasteiger partial charge >= 0.3 is 5.97 Å². The fourth-order valence-corrected chi connectivity index (χ4v) is 5.72. The molecule has 1 unspecified atom stereocenters. The van der Waals surface area contributed by atoms with Crippen molar-refractivity contribution in [1.82, 2.24) is 14.5 Å². The van der Waals surface area contributed by atoms with Crippen molar-refractivity contribution < 1.29 is 32.2 Å². The predicted molar refractivity (Wildman–Crippen MR) is 163 cm³/mol. The number of esters is 1. The molecule has 6 rings (SSSR count). The monoisotopic (exact) mass is 635 g/mol. The molecule has 0 saturated carbocycles. The van der Waals surface area contributed by atoms with Crippen LogP contribution in [0.25, 0.3) is 22.3 Å². The van der Waals surface area contributed by atoms with Crippen LogP contribution in [-0.4, -0.2) is 40.8 Å². The van der Waals surface area contributed by atoms with E-state index in [0.717, 1.165) is 12.1 Å². The maximum Gasteiger partial charge on any atom is 0.337 e. The van der Waals surface area contributed by atoms with Crippen molar-refractivity contribution in [1.29, 1.82) is 0 Å². The van der Waals surface area contributed by atoms with E-state index in [1.54, 1.807) is 36.4 Å². The zero-order chi connectivity index (χ0) is 31.9. The zero-order valence-electron chi connectivity index (χ0n) is 24.7. The molecule has 0 N–H and O–H groups in total. The highest BCUT2D eigenvalue weighted by atomic mass is 35.5. The number of halogens is 4. The maximum absolute atomic E-state index is 15.7. The molecular weight excluding hydrogens is 607 g/mol. The summed E-state index contributed by atoms with van der Waals surface area (Å²) >= 11 is 5.81. The summed E-state index contributed by atoms with van der Waals surface area (Å²) in [5.41, 5.74) is 1.82. The molecule has 1 aliphatic heterocycles. The Balaban J connectivity index is 1.31. The van der Waals surface area contributed by atoms with Gasteiger partial charge in [0, 0.05) is 34.1 Å². The van der Waals surface area contributed by atoms with E-state index in [1.807, 2.05) is 4.57 Å². The Hall–Kier alpha value is -4.41. The van der Waals surface area contributed by atoms with Crippen molar-refractivity contribution in [3.8, 4) is 17.1 Å². The van der Waals surface area contributed by atoms with Gasteiger partial charge in [0.2, 0.25) is 5.88 Å². The van der Waals surface area contributed by atoms with Gasteiger partial charge in [0.1, 0.15) is 29.9 Å². The summed E-state index contributed by atoms with van der Waals surface area (Å²) in [6.07, 6.45) is -0.0128.